The molecule has 0 bridgehead atoms. The van der Waals surface area contributed by atoms with Gasteiger partial charge in [0, 0.05) is 22.6 Å². The van der Waals surface area contributed by atoms with Crippen LogP contribution >= 0.6 is 0 Å². The molecule has 0 aliphatic carbocycles. The molecule has 0 saturated heterocycles. The molecule has 0 unspecified atom stereocenters. The molecule has 2 aliphatic rings. The highest BCUT2D eigenvalue weighted by molar-refractivity contribution is 5.98. The lowest BCUT2D eigenvalue weighted by molar-refractivity contribution is -0.172. The number of aromatic nitrogens is 2. The molecule has 5 rings (SSSR count). The van der Waals surface area contributed by atoms with E-state index in [9.17, 15) is 19.5 Å². The number of rotatable bonds is 4. The molecule has 0 radical (unpaired) electrons. The lowest BCUT2D eigenvalue weighted by atomic mass is 9.86. The number of nitrogens with zero attached hydrogens (tertiary/aromatic N) is 2. The Bertz CT molecular complexity index is 1450. The van der Waals surface area contributed by atoms with Gasteiger partial charge in [0.25, 0.3) is 5.56 Å². The third-order valence-electron chi connectivity index (χ3n) is 6.64. The summed E-state index contributed by atoms with van der Waals surface area (Å²) in [6.45, 7) is 3.87. The molecule has 3 aromatic rings. The minimum Gasteiger partial charge on any atom is -0.458 e. The van der Waals surface area contributed by atoms with Crippen LogP contribution in [0.1, 0.15) is 48.1 Å². The average Bonchev–Trinajstić information content (AvgIpc) is 3.17. The fraction of sp³-hybridized carbons (Fsp3) is 0.280. The number of fused-ring (bicyclic) bond motifs is 5. The van der Waals surface area contributed by atoms with Crippen molar-refractivity contribution in [3.63, 3.8) is 0 Å². The van der Waals surface area contributed by atoms with Crippen molar-refractivity contribution < 1.29 is 19.4 Å². The molecule has 1 atom stereocenters. The van der Waals surface area contributed by atoms with Crippen molar-refractivity contribution >= 4 is 28.9 Å². The summed E-state index contributed by atoms with van der Waals surface area (Å²) < 4.78 is 6.76. The van der Waals surface area contributed by atoms with Crippen LogP contribution in [0.3, 0.4) is 0 Å². The SMILES string of the molecule is CCc1c2c(nc3cccc(C=CC(N)=O)c13)-c1cc3c(c(=O)n1C2)COC(=O)[C@]3(O)CC. The molecule has 1 aromatic carbocycles. The summed E-state index contributed by atoms with van der Waals surface area (Å²) in [5.74, 6) is -1.28. The third-order valence-corrected chi connectivity index (χ3v) is 6.64. The van der Waals surface area contributed by atoms with E-state index in [0.29, 0.717) is 35.5 Å². The van der Waals surface area contributed by atoms with Crippen LogP contribution in [0.5, 0.6) is 0 Å². The molecule has 1 amide bonds. The summed E-state index contributed by atoms with van der Waals surface area (Å²) in [6, 6.07) is 7.34. The highest BCUT2D eigenvalue weighted by Crippen LogP contribution is 2.40. The molecule has 2 aromatic heterocycles. The molecule has 8 heteroatoms. The van der Waals surface area contributed by atoms with Crippen LogP contribution in [0.2, 0.25) is 0 Å². The Balaban J connectivity index is 1.80. The van der Waals surface area contributed by atoms with Crippen molar-refractivity contribution in [1.82, 2.24) is 9.55 Å². The zero-order chi connectivity index (χ0) is 23.5. The first kappa shape index (κ1) is 21.1. The number of carbonyl (C=O) groups is 2. The largest absolute Gasteiger partial charge is 0.458 e. The number of ether oxygens (including phenoxy) is 1. The van der Waals surface area contributed by atoms with Crippen molar-refractivity contribution in [2.75, 3.05) is 0 Å². The van der Waals surface area contributed by atoms with Gasteiger partial charge in [-0.05, 0) is 42.2 Å². The fourth-order valence-corrected chi connectivity index (χ4v) is 4.96. The highest BCUT2D eigenvalue weighted by Gasteiger charge is 2.45. The number of cyclic esters (lactones) is 1. The molecule has 168 valence electrons. The minimum absolute atomic E-state index is 0.0928. The summed E-state index contributed by atoms with van der Waals surface area (Å²) in [5.41, 5.74) is 8.44. The number of hydrogen-bond donors (Lipinski definition) is 2. The minimum atomic E-state index is -1.86. The van der Waals surface area contributed by atoms with E-state index in [1.54, 1.807) is 23.6 Å². The Morgan fingerprint density at radius 1 is 1.30 bits per heavy atom. The topological polar surface area (TPSA) is 125 Å². The lowest BCUT2D eigenvalue weighted by Gasteiger charge is -2.31. The number of benzene rings is 1. The van der Waals surface area contributed by atoms with Gasteiger partial charge in [-0.25, -0.2) is 9.78 Å². The van der Waals surface area contributed by atoms with E-state index < -0.39 is 17.5 Å². The maximum absolute atomic E-state index is 13.4. The lowest BCUT2D eigenvalue weighted by Crippen LogP contribution is -2.44. The second-order valence-electron chi connectivity index (χ2n) is 8.35. The van der Waals surface area contributed by atoms with Crippen molar-refractivity contribution in [3.05, 3.63) is 68.5 Å². The number of aliphatic hydroxyl groups is 1. The molecule has 0 fully saturated rings. The third kappa shape index (κ3) is 2.94. The Hall–Kier alpha value is -3.78. The van der Waals surface area contributed by atoms with E-state index in [1.807, 2.05) is 25.1 Å². The second-order valence-corrected chi connectivity index (χ2v) is 8.35. The Labute approximate surface area is 189 Å². The molecular weight excluding hydrogens is 422 g/mol. The first-order valence-corrected chi connectivity index (χ1v) is 10.9. The number of pyridine rings is 2. The van der Waals surface area contributed by atoms with Gasteiger partial charge < -0.3 is 20.1 Å². The molecule has 2 aliphatic heterocycles. The van der Waals surface area contributed by atoms with Gasteiger partial charge in [0.05, 0.1) is 29.0 Å². The summed E-state index contributed by atoms with van der Waals surface area (Å²) in [4.78, 5) is 41.9. The molecule has 0 spiro atoms. The van der Waals surface area contributed by atoms with Crippen molar-refractivity contribution in [2.45, 2.75) is 45.4 Å². The average molecular weight is 445 g/mol. The number of esters is 1. The zero-order valence-corrected chi connectivity index (χ0v) is 18.3. The number of nitrogens with two attached hydrogens (primary N) is 1. The molecule has 3 N–H and O–H groups in total. The number of aryl methyl sites for hydroxylation is 1. The maximum atomic E-state index is 13.4. The molecule has 4 heterocycles. The monoisotopic (exact) mass is 445 g/mol. The van der Waals surface area contributed by atoms with Gasteiger partial charge in [0.2, 0.25) is 5.91 Å². The Morgan fingerprint density at radius 3 is 2.79 bits per heavy atom. The smallest absolute Gasteiger partial charge is 0.343 e. The molecule has 33 heavy (non-hydrogen) atoms. The predicted molar refractivity (Wildman–Crippen MR) is 122 cm³/mol. The Morgan fingerprint density at radius 2 is 2.09 bits per heavy atom. The van der Waals surface area contributed by atoms with Crippen LogP contribution in [-0.4, -0.2) is 26.5 Å². The first-order valence-electron chi connectivity index (χ1n) is 10.9. The van der Waals surface area contributed by atoms with E-state index in [-0.39, 0.29) is 18.6 Å². The standard InChI is InChI=1S/C25H23N3O5/c1-3-14-15-11-28-19(10-17-16(23(28)30)12-33-24(31)25(17,32)4-2)22(15)27-18-7-5-6-13(21(14)18)8-9-20(26)29/h5-10,32H,3-4,11-12H2,1-2H3,(H2,26,29)/t25-/m0/s1. The maximum Gasteiger partial charge on any atom is 0.343 e. The summed E-state index contributed by atoms with van der Waals surface area (Å²) in [7, 11) is 0. The van der Waals surface area contributed by atoms with Gasteiger partial charge in [-0.1, -0.05) is 26.0 Å². The van der Waals surface area contributed by atoms with Crippen LogP contribution in [0.25, 0.3) is 28.4 Å². The van der Waals surface area contributed by atoms with E-state index in [0.717, 1.165) is 27.6 Å². The van der Waals surface area contributed by atoms with E-state index in [1.165, 1.54) is 6.08 Å². The summed E-state index contributed by atoms with van der Waals surface area (Å²) >= 11 is 0. The van der Waals surface area contributed by atoms with Crippen molar-refractivity contribution in [1.29, 1.82) is 0 Å². The first-order chi connectivity index (χ1) is 15.8. The van der Waals surface area contributed by atoms with Crippen LogP contribution in [0.4, 0.5) is 0 Å². The van der Waals surface area contributed by atoms with Crippen LogP contribution in [0.15, 0.2) is 35.1 Å². The van der Waals surface area contributed by atoms with E-state index in [2.05, 4.69) is 0 Å². The van der Waals surface area contributed by atoms with E-state index in [4.69, 9.17) is 15.5 Å². The van der Waals surface area contributed by atoms with Crippen LogP contribution < -0.4 is 11.3 Å². The van der Waals surface area contributed by atoms with Gasteiger partial charge in [0.15, 0.2) is 5.60 Å². The number of carbonyl (C=O) groups excluding carboxylic acids is 2. The summed E-state index contributed by atoms with van der Waals surface area (Å²) in [5, 5.41) is 11.9. The predicted octanol–water partition coefficient (Wildman–Crippen LogP) is 2.14. The number of amides is 1. The van der Waals surface area contributed by atoms with Gasteiger partial charge in [-0.2, -0.15) is 0 Å². The van der Waals surface area contributed by atoms with Crippen molar-refractivity contribution in [3.8, 4) is 11.4 Å². The van der Waals surface area contributed by atoms with Gasteiger partial charge in [0.1, 0.15) is 6.61 Å². The Kier molecular flexibility index (Phi) is 4.72. The normalized spacial score (nSPS) is 18.8. The van der Waals surface area contributed by atoms with Crippen LogP contribution in [-0.2, 0) is 39.5 Å². The molecular formula is C25H23N3O5. The van der Waals surface area contributed by atoms with Gasteiger partial charge in [-0.3, -0.25) is 9.59 Å². The van der Waals surface area contributed by atoms with Crippen LogP contribution in [0, 0.1) is 0 Å². The fourth-order valence-electron chi connectivity index (χ4n) is 4.96. The van der Waals surface area contributed by atoms with Crippen molar-refractivity contribution in [2.24, 2.45) is 5.73 Å². The number of primary amides is 1. The van der Waals surface area contributed by atoms with Gasteiger partial charge >= 0.3 is 5.97 Å². The summed E-state index contributed by atoms with van der Waals surface area (Å²) in [6.07, 6.45) is 3.77. The second kappa shape index (κ2) is 7.38. The zero-order valence-electron chi connectivity index (χ0n) is 18.3. The molecule has 0 saturated carbocycles. The number of hydrogen-bond acceptors (Lipinski definition) is 6. The van der Waals surface area contributed by atoms with E-state index >= 15 is 0 Å². The highest BCUT2D eigenvalue weighted by atomic mass is 16.6. The molecule has 8 nitrogen and oxygen atoms in total. The van der Waals surface area contributed by atoms with Gasteiger partial charge in [-0.15, -0.1) is 0 Å². The quantitative estimate of drug-likeness (QED) is 0.366.